The summed E-state index contributed by atoms with van der Waals surface area (Å²) in [6, 6.07) is 5.46. The topological polar surface area (TPSA) is 12.0 Å². The van der Waals surface area contributed by atoms with Gasteiger partial charge in [0.25, 0.3) is 0 Å². The molecule has 1 N–H and O–H groups in total. The van der Waals surface area contributed by atoms with Crippen LogP contribution < -0.4 is 5.32 Å². The van der Waals surface area contributed by atoms with Gasteiger partial charge in [0, 0.05) is 11.6 Å². The summed E-state index contributed by atoms with van der Waals surface area (Å²) in [6.07, 6.45) is 3.53. The average Bonchev–Trinajstić information content (AvgIpc) is 2.32. The van der Waals surface area contributed by atoms with Crippen molar-refractivity contribution in [1.29, 1.82) is 0 Å². The Hall–Kier alpha value is -0.890. The standard InChI is InChI=1S/C15H24FN/c1-5-6-7-12(3)15(17-4)13-10-11(2)8-9-14(13)16/h8-10,12,15,17H,5-7H2,1-4H3. The molecule has 0 saturated carbocycles. The largest absolute Gasteiger partial charge is 0.313 e. The summed E-state index contributed by atoms with van der Waals surface area (Å²) in [4.78, 5) is 0. The molecule has 0 aromatic heterocycles. The molecule has 0 aliphatic heterocycles. The van der Waals surface area contributed by atoms with Crippen LogP contribution in [-0.2, 0) is 0 Å². The summed E-state index contributed by atoms with van der Waals surface area (Å²) in [5.41, 5.74) is 1.92. The van der Waals surface area contributed by atoms with E-state index in [2.05, 4.69) is 19.2 Å². The molecule has 0 aliphatic rings. The molecule has 0 bridgehead atoms. The van der Waals surface area contributed by atoms with Crippen LogP contribution in [0.4, 0.5) is 4.39 Å². The first-order valence-corrected chi connectivity index (χ1v) is 6.53. The van der Waals surface area contributed by atoms with Crippen molar-refractivity contribution in [3.63, 3.8) is 0 Å². The first kappa shape index (κ1) is 14.2. The molecule has 2 unspecified atom stereocenters. The van der Waals surface area contributed by atoms with Gasteiger partial charge in [0.05, 0.1) is 0 Å². The number of hydrogen-bond acceptors (Lipinski definition) is 1. The molecule has 17 heavy (non-hydrogen) atoms. The van der Waals surface area contributed by atoms with Gasteiger partial charge in [0.15, 0.2) is 0 Å². The van der Waals surface area contributed by atoms with Gasteiger partial charge in [-0.1, -0.05) is 44.4 Å². The minimum absolute atomic E-state index is 0.0988. The third-order valence-electron chi connectivity index (χ3n) is 3.38. The van der Waals surface area contributed by atoms with Crippen molar-refractivity contribution >= 4 is 0 Å². The maximum absolute atomic E-state index is 13.8. The molecule has 0 radical (unpaired) electrons. The van der Waals surface area contributed by atoms with Gasteiger partial charge in [-0.05, 0) is 32.4 Å². The maximum atomic E-state index is 13.8. The first-order chi connectivity index (χ1) is 8.10. The summed E-state index contributed by atoms with van der Waals surface area (Å²) in [5.74, 6) is 0.356. The zero-order valence-corrected chi connectivity index (χ0v) is 11.4. The highest BCUT2D eigenvalue weighted by atomic mass is 19.1. The number of unbranched alkanes of at least 4 members (excludes halogenated alkanes) is 1. The fourth-order valence-electron chi connectivity index (χ4n) is 2.34. The van der Waals surface area contributed by atoms with E-state index in [1.54, 1.807) is 6.07 Å². The Kier molecular flexibility index (Phi) is 5.63. The molecule has 1 nitrogen and oxygen atoms in total. The summed E-state index contributed by atoms with van der Waals surface area (Å²) in [7, 11) is 1.91. The van der Waals surface area contributed by atoms with Crippen LogP contribution in [0.3, 0.4) is 0 Å². The lowest BCUT2D eigenvalue weighted by Gasteiger charge is -2.24. The summed E-state index contributed by atoms with van der Waals surface area (Å²) < 4.78 is 13.8. The van der Waals surface area contributed by atoms with Crippen molar-refractivity contribution in [3.05, 3.63) is 35.1 Å². The lowest BCUT2D eigenvalue weighted by Crippen LogP contribution is -2.24. The van der Waals surface area contributed by atoms with Crippen LogP contribution in [0.25, 0.3) is 0 Å². The van der Waals surface area contributed by atoms with Crippen molar-refractivity contribution in [2.24, 2.45) is 5.92 Å². The minimum atomic E-state index is -0.0988. The highest BCUT2D eigenvalue weighted by Crippen LogP contribution is 2.28. The second-order valence-corrected chi connectivity index (χ2v) is 4.91. The van der Waals surface area contributed by atoms with Gasteiger partial charge in [0.1, 0.15) is 5.82 Å². The average molecular weight is 237 g/mol. The van der Waals surface area contributed by atoms with Crippen molar-refractivity contribution in [3.8, 4) is 0 Å². The predicted octanol–water partition coefficient (Wildman–Crippen LogP) is 4.22. The Labute approximate surface area is 104 Å². The third-order valence-corrected chi connectivity index (χ3v) is 3.38. The molecule has 1 rings (SSSR count). The minimum Gasteiger partial charge on any atom is -0.313 e. The van der Waals surface area contributed by atoms with E-state index in [0.717, 1.165) is 17.5 Å². The number of aryl methyl sites for hydroxylation is 1. The van der Waals surface area contributed by atoms with Crippen LogP contribution in [0.5, 0.6) is 0 Å². The molecule has 0 amide bonds. The summed E-state index contributed by atoms with van der Waals surface area (Å²) in [6.45, 7) is 6.39. The van der Waals surface area contributed by atoms with Gasteiger partial charge in [-0.3, -0.25) is 0 Å². The van der Waals surface area contributed by atoms with Gasteiger partial charge in [-0.2, -0.15) is 0 Å². The molecule has 2 atom stereocenters. The molecular formula is C15H24FN. The van der Waals surface area contributed by atoms with Crippen LogP contribution in [0, 0.1) is 18.7 Å². The Morgan fingerprint density at radius 2 is 2.06 bits per heavy atom. The van der Waals surface area contributed by atoms with E-state index in [0.29, 0.717) is 5.92 Å². The second-order valence-electron chi connectivity index (χ2n) is 4.91. The zero-order valence-electron chi connectivity index (χ0n) is 11.4. The van der Waals surface area contributed by atoms with Crippen molar-refractivity contribution < 1.29 is 4.39 Å². The Morgan fingerprint density at radius 1 is 1.35 bits per heavy atom. The van der Waals surface area contributed by atoms with E-state index < -0.39 is 0 Å². The Bertz CT molecular complexity index is 349. The predicted molar refractivity (Wildman–Crippen MR) is 71.6 cm³/mol. The number of rotatable bonds is 6. The molecule has 0 heterocycles. The van der Waals surface area contributed by atoms with Gasteiger partial charge >= 0.3 is 0 Å². The quantitative estimate of drug-likeness (QED) is 0.781. The van der Waals surface area contributed by atoms with Crippen molar-refractivity contribution in [2.75, 3.05) is 7.05 Å². The monoisotopic (exact) mass is 237 g/mol. The maximum Gasteiger partial charge on any atom is 0.128 e. The fourth-order valence-corrected chi connectivity index (χ4v) is 2.34. The van der Waals surface area contributed by atoms with Crippen LogP contribution >= 0.6 is 0 Å². The van der Waals surface area contributed by atoms with E-state index in [4.69, 9.17) is 0 Å². The third kappa shape index (κ3) is 3.81. The molecule has 96 valence electrons. The van der Waals surface area contributed by atoms with Gasteiger partial charge < -0.3 is 5.32 Å². The first-order valence-electron chi connectivity index (χ1n) is 6.53. The smallest absolute Gasteiger partial charge is 0.128 e. The highest BCUT2D eigenvalue weighted by Gasteiger charge is 2.20. The van der Waals surface area contributed by atoms with Gasteiger partial charge in [0.2, 0.25) is 0 Å². The van der Waals surface area contributed by atoms with Gasteiger partial charge in [-0.15, -0.1) is 0 Å². The molecular weight excluding hydrogens is 213 g/mol. The van der Waals surface area contributed by atoms with Crippen LogP contribution in [0.2, 0.25) is 0 Å². The Morgan fingerprint density at radius 3 is 2.65 bits per heavy atom. The summed E-state index contributed by atoms with van der Waals surface area (Å²) in [5, 5.41) is 3.26. The normalized spacial score (nSPS) is 14.6. The van der Waals surface area contributed by atoms with E-state index in [9.17, 15) is 4.39 Å². The zero-order chi connectivity index (χ0) is 12.8. The van der Waals surface area contributed by atoms with Crippen molar-refractivity contribution in [1.82, 2.24) is 5.32 Å². The van der Waals surface area contributed by atoms with Crippen LogP contribution in [0.1, 0.15) is 50.3 Å². The SMILES string of the molecule is CCCCC(C)C(NC)c1cc(C)ccc1F. The Balaban J connectivity index is 2.88. The summed E-state index contributed by atoms with van der Waals surface area (Å²) >= 11 is 0. The van der Waals surface area contributed by atoms with E-state index in [1.807, 2.05) is 26.1 Å². The lowest BCUT2D eigenvalue weighted by molar-refractivity contribution is 0.366. The molecule has 0 aliphatic carbocycles. The number of nitrogens with one attached hydrogen (secondary N) is 1. The molecule has 1 aromatic rings. The number of halogens is 1. The second kappa shape index (κ2) is 6.75. The number of hydrogen-bond donors (Lipinski definition) is 1. The van der Waals surface area contributed by atoms with Crippen molar-refractivity contribution in [2.45, 2.75) is 46.1 Å². The van der Waals surface area contributed by atoms with Crippen LogP contribution in [0.15, 0.2) is 18.2 Å². The fraction of sp³-hybridized carbons (Fsp3) is 0.600. The van der Waals surface area contributed by atoms with E-state index in [-0.39, 0.29) is 11.9 Å². The molecule has 0 saturated heterocycles. The molecule has 2 heteroatoms. The van der Waals surface area contributed by atoms with E-state index in [1.165, 1.54) is 12.8 Å². The molecule has 0 spiro atoms. The van der Waals surface area contributed by atoms with Crippen LogP contribution in [-0.4, -0.2) is 7.05 Å². The lowest BCUT2D eigenvalue weighted by atomic mass is 9.89. The molecule has 0 fully saturated rings. The molecule has 1 aromatic carbocycles. The van der Waals surface area contributed by atoms with Gasteiger partial charge in [-0.25, -0.2) is 4.39 Å². The number of benzene rings is 1. The highest BCUT2D eigenvalue weighted by molar-refractivity contribution is 5.27. The van der Waals surface area contributed by atoms with E-state index >= 15 is 0 Å².